The molecule has 0 bridgehead atoms. The smallest absolute Gasteiger partial charge is 0.0271 e. The number of nitrogens with zero attached hydrogens (tertiary/aromatic N) is 1. The van der Waals surface area contributed by atoms with Crippen molar-refractivity contribution >= 4 is 0 Å². The van der Waals surface area contributed by atoms with Crippen molar-refractivity contribution in [3.05, 3.63) is 0 Å². The van der Waals surface area contributed by atoms with E-state index < -0.39 is 0 Å². The van der Waals surface area contributed by atoms with Crippen LogP contribution in [0, 0.1) is 5.41 Å². The molecule has 2 unspecified atom stereocenters. The highest BCUT2D eigenvalue weighted by Gasteiger charge is 2.42. The van der Waals surface area contributed by atoms with E-state index in [9.17, 15) is 0 Å². The van der Waals surface area contributed by atoms with Crippen LogP contribution in [-0.2, 0) is 0 Å². The maximum atomic E-state index is 3.51. The quantitative estimate of drug-likeness (QED) is 0.744. The van der Waals surface area contributed by atoms with Crippen molar-refractivity contribution < 1.29 is 0 Å². The van der Waals surface area contributed by atoms with Gasteiger partial charge in [-0.05, 0) is 38.4 Å². The second-order valence-electron chi connectivity index (χ2n) is 5.08. The standard InChI is InChI=1S/C12H26N2/c1-6-14(7-2)10-8-9-12(3,4)11(10)13-5/h10-11,13H,6-9H2,1-5H3. The van der Waals surface area contributed by atoms with Crippen LogP contribution in [0.3, 0.4) is 0 Å². The fourth-order valence-corrected chi connectivity index (χ4v) is 3.03. The Bertz CT molecular complexity index is 173. The predicted molar refractivity (Wildman–Crippen MR) is 62.6 cm³/mol. The molecule has 1 rings (SSSR count). The van der Waals surface area contributed by atoms with Gasteiger partial charge in [-0.1, -0.05) is 27.7 Å². The van der Waals surface area contributed by atoms with Gasteiger partial charge in [0.15, 0.2) is 0 Å². The fourth-order valence-electron chi connectivity index (χ4n) is 3.03. The first-order valence-electron chi connectivity index (χ1n) is 5.98. The summed E-state index contributed by atoms with van der Waals surface area (Å²) in [6.45, 7) is 11.7. The monoisotopic (exact) mass is 198 g/mol. The highest BCUT2D eigenvalue weighted by molar-refractivity contribution is 5.00. The Hall–Kier alpha value is -0.0800. The SMILES string of the molecule is CCN(CC)C1CCC(C)(C)C1NC. The molecular formula is C12H26N2. The van der Waals surface area contributed by atoms with Crippen molar-refractivity contribution in [2.24, 2.45) is 5.41 Å². The summed E-state index contributed by atoms with van der Waals surface area (Å²) >= 11 is 0. The molecule has 0 amide bonds. The fraction of sp³-hybridized carbons (Fsp3) is 1.00. The minimum absolute atomic E-state index is 0.460. The summed E-state index contributed by atoms with van der Waals surface area (Å²) in [6, 6.07) is 1.40. The number of likely N-dealkylation sites (N-methyl/N-ethyl adjacent to an activating group) is 2. The number of rotatable bonds is 4. The Morgan fingerprint density at radius 1 is 1.29 bits per heavy atom. The molecule has 0 aromatic rings. The lowest BCUT2D eigenvalue weighted by molar-refractivity contribution is 0.161. The lowest BCUT2D eigenvalue weighted by atomic mass is 9.86. The van der Waals surface area contributed by atoms with Gasteiger partial charge in [0.25, 0.3) is 0 Å². The molecule has 84 valence electrons. The molecule has 2 nitrogen and oxygen atoms in total. The molecule has 1 saturated carbocycles. The van der Waals surface area contributed by atoms with E-state index in [0.717, 1.165) is 6.04 Å². The van der Waals surface area contributed by atoms with Crippen molar-refractivity contribution in [2.75, 3.05) is 20.1 Å². The van der Waals surface area contributed by atoms with Gasteiger partial charge in [0.2, 0.25) is 0 Å². The molecule has 0 heterocycles. The first-order chi connectivity index (χ1) is 6.56. The molecule has 2 atom stereocenters. The molecule has 0 aliphatic heterocycles. The summed E-state index contributed by atoms with van der Waals surface area (Å²) in [4.78, 5) is 2.59. The second kappa shape index (κ2) is 4.63. The summed E-state index contributed by atoms with van der Waals surface area (Å²) in [6.07, 6.45) is 2.69. The lowest BCUT2D eigenvalue weighted by Crippen LogP contribution is -2.50. The van der Waals surface area contributed by atoms with Crippen LogP contribution in [0.4, 0.5) is 0 Å². The normalized spacial score (nSPS) is 31.3. The zero-order chi connectivity index (χ0) is 10.8. The van der Waals surface area contributed by atoms with Gasteiger partial charge >= 0.3 is 0 Å². The van der Waals surface area contributed by atoms with E-state index >= 15 is 0 Å². The van der Waals surface area contributed by atoms with Crippen molar-refractivity contribution in [3.8, 4) is 0 Å². The van der Waals surface area contributed by atoms with E-state index in [4.69, 9.17) is 0 Å². The van der Waals surface area contributed by atoms with Crippen LogP contribution in [0.25, 0.3) is 0 Å². The molecule has 1 fully saturated rings. The molecule has 1 N–H and O–H groups in total. The first-order valence-corrected chi connectivity index (χ1v) is 5.98. The maximum Gasteiger partial charge on any atom is 0.0271 e. The number of hydrogen-bond acceptors (Lipinski definition) is 2. The van der Waals surface area contributed by atoms with E-state index in [1.807, 2.05) is 0 Å². The van der Waals surface area contributed by atoms with E-state index in [2.05, 4.69) is 45.0 Å². The summed E-state index contributed by atoms with van der Waals surface area (Å²) in [5, 5.41) is 3.51. The number of hydrogen-bond donors (Lipinski definition) is 1. The Kier molecular flexibility index (Phi) is 3.96. The average molecular weight is 198 g/mol. The van der Waals surface area contributed by atoms with Crippen molar-refractivity contribution in [1.82, 2.24) is 10.2 Å². The van der Waals surface area contributed by atoms with Crippen molar-refractivity contribution in [3.63, 3.8) is 0 Å². The van der Waals surface area contributed by atoms with Gasteiger partial charge in [0.1, 0.15) is 0 Å². The van der Waals surface area contributed by atoms with E-state index in [0.29, 0.717) is 11.5 Å². The van der Waals surface area contributed by atoms with Crippen LogP contribution in [0.5, 0.6) is 0 Å². The summed E-state index contributed by atoms with van der Waals surface area (Å²) in [5.41, 5.74) is 0.460. The zero-order valence-electron chi connectivity index (χ0n) is 10.4. The van der Waals surface area contributed by atoms with Gasteiger partial charge in [-0.2, -0.15) is 0 Å². The Balaban J connectivity index is 2.71. The molecule has 0 aromatic heterocycles. The van der Waals surface area contributed by atoms with Crippen LogP contribution in [0.1, 0.15) is 40.5 Å². The van der Waals surface area contributed by atoms with E-state index in [1.54, 1.807) is 0 Å². The zero-order valence-corrected chi connectivity index (χ0v) is 10.4. The van der Waals surface area contributed by atoms with Gasteiger partial charge in [0.05, 0.1) is 0 Å². The summed E-state index contributed by atoms with van der Waals surface area (Å²) in [5.74, 6) is 0. The molecule has 0 radical (unpaired) electrons. The molecule has 0 aromatic carbocycles. The lowest BCUT2D eigenvalue weighted by Gasteiger charge is -2.36. The van der Waals surface area contributed by atoms with Crippen LogP contribution in [0.15, 0.2) is 0 Å². The van der Waals surface area contributed by atoms with Gasteiger partial charge in [0, 0.05) is 12.1 Å². The summed E-state index contributed by atoms with van der Waals surface area (Å²) < 4.78 is 0. The highest BCUT2D eigenvalue weighted by Crippen LogP contribution is 2.39. The summed E-state index contributed by atoms with van der Waals surface area (Å²) in [7, 11) is 2.11. The van der Waals surface area contributed by atoms with Crippen LogP contribution >= 0.6 is 0 Å². The van der Waals surface area contributed by atoms with Crippen LogP contribution < -0.4 is 5.32 Å². The molecule has 14 heavy (non-hydrogen) atoms. The minimum Gasteiger partial charge on any atom is -0.315 e. The molecule has 1 aliphatic carbocycles. The molecule has 1 aliphatic rings. The van der Waals surface area contributed by atoms with Gasteiger partial charge in [-0.3, -0.25) is 4.90 Å². The highest BCUT2D eigenvalue weighted by atomic mass is 15.2. The molecule has 0 saturated heterocycles. The predicted octanol–water partition coefficient (Wildman–Crippen LogP) is 2.10. The molecule has 0 spiro atoms. The Labute approximate surface area is 89.1 Å². The van der Waals surface area contributed by atoms with Crippen LogP contribution in [-0.4, -0.2) is 37.1 Å². The average Bonchev–Trinajstić information content (AvgIpc) is 2.44. The second-order valence-corrected chi connectivity index (χ2v) is 5.08. The Morgan fingerprint density at radius 2 is 1.86 bits per heavy atom. The van der Waals surface area contributed by atoms with Crippen molar-refractivity contribution in [2.45, 2.75) is 52.6 Å². The van der Waals surface area contributed by atoms with E-state index in [-0.39, 0.29) is 0 Å². The van der Waals surface area contributed by atoms with Gasteiger partial charge < -0.3 is 5.32 Å². The molecular weight excluding hydrogens is 172 g/mol. The topological polar surface area (TPSA) is 15.3 Å². The minimum atomic E-state index is 0.460. The third-order valence-corrected chi connectivity index (χ3v) is 3.90. The van der Waals surface area contributed by atoms with Gasteiger partial charge in [-0.25, -0.2) is 0 Å². The molecule has 2 heteroatoms. The number of nitrogens with one attached hydrogen (secondary N) is 1. The Morgan fingerprint density at radius 3 is 2.29 bits per heavy atom. The van der Waals surface area contributed by atoms with Gasteiger partial charge in [-0.15, -0.1) is 0 Å². The van der Waals surface area contributed by atoms with E-state index in [1.165, 1.54) is 25.9 Å². The third kappa shape index (κ3) is 2.12. The first kappa shape index (κ1) is 12.0. The maximum absolute atomic E-state index is 3.51. The van der Waals surface area contributed by atoms with Crippen molar-refractivity contribution in [1.29, 1.82) is 0 Å². The third-order valence-electron chi connectivity index (χ3n) is 3.90. The van der Waals surface area contributed by atoms with Crippen LogP contribution in [0.2, 0.25) is 0 Å². The largest absolute Gasteiger partial charge is 0.315 e.